The first-order chi connectivity index (χ1) is 12.7. The van der Waals surface area contributed by atoms with Crippen molar-refractivity contribution in [3.8, 4) is 11.8 Å². The van der Waals surface area contributed by atoms with Gasteiger partial charge in [0.05, 0.1) is 5.92 Å². The van der Waals surface area contributed by atoms with Gasteiger partial charge >= 0.3 is 0 Å². The molecule has 1 aromatic heterocycles. The lowest BCUT2D eigenvalue weighted by molar-refractivity contribution is 1.04. The van der Waals surface area contributed by atoms with Crippen molar-refractivity contribution in [1.82, 2.24) is 4.98 Å². The third kappa shape index (κ3) is 3.19. The quantitative estimate of drug-likeness (QED) is 0.374. The Kier molecular flexibility index (Phi) is 4.65. The van der Waals surface area contributed by atoms with Gasteiger partial charge in [0.25, 0.3) is 0 Å². The highest BCUT2D eigenvalue weighted by molar-refractivity contribution is 9.10. The standard InChI is InChI=1S/C24H18BrN/c1-17-24(21-12-6-8-14-23(21)26-17)20(19-11-5-7-13-22(19)25)16-15-18-9-3-2-4-10-18/h2-14,20,26H,1H3. The lowest BCUT2D eigenvalue weighted by Crippen LogP contribution is -2.01. The number of nitrogens with one attached hydrogen (secondary N) is 1. The Morgan fingerprint density at radius 2 is 1.54 bits per heavy atom. The van der Waals surface area contributed by atoms with E-state index in [4.69, 9.17) is 0 Å². The average molecular weight is 400 g/mol. The van der Waals surface area contributed by atoms with E-state index in [0.29, 0.717) is 0 Å². The average Bonchev–Trinajstić information content (AvgIpc) is 3.00. The van der Waals surface area contributed by atoms with Crippen molar-refractivity contribution in [1.29, 1.82) is 0 Å². The van der Waals surface area contributed by atoms with E-state index in [1.165, 1.54) is 16.5 Å². The summed E-state index contributed by atoms with van der Waals surface area (Å²) in [4.78, 5) is 3.51. The molecule has 1 atom stereocenters. The molecule has 0 fully saturated rings. The minimum atomic E-state index is -0.0121. The van der Waals surface area contributed by atoms with Gasteiger partial charge in [-0.15, -0.1) is 0 Å². The lowest BCUT2D eigenvalue weighted by atomic mass is 9.89. The van der Waals surface area contributed by atoms with Crippen molar-refractivity contribution in [3.63, 3.8) is 0 Å². The van der Waals surface area contributed by atoms with E-state index in [0.717, 1.165) is 21.2 Å². The summed E-state index contributed by atoms with van der Waals surface area (Å²) in [6, 6.07) is 26.9. The molecule has 0 aliphatic carbocycles. The molecule has 1 unspecified atom stereocenters. The number of aromatic amines is 1. The van der Waals surface area contributed by atoms with Crippen molar-refractivity contribution in [3.05, 3.63) is 106 Å². The molecule has 0 bridgehead atoms. The van der Waals surface area contributed by atoms with Crippen LogP contribution in [0.25, 0.3) is 10.9 Å². The van der Waals surface area contributed by atoms with E-state index >= 15 is 0 Å². The number of H-pyrrole nitrogens is 1. The molecule has 0 aliphatic rings. The Balaban J connectivity index is 1.93. The Hall–Kier alpha value is -2.76. The Labute approximate surface area is 162 Å². The number of halogens is 1. The smallest absolute Gasteiger partial charge is 0.0740 e. The molecule has 2 heteroatoms. The fourth-order valence-electron chi connectivity index (χ4n) is 3.36. The summed E-state index contributed by atoms with van der Waals surface area (Å²) < 4.78 is 1.08. The molecule has 0 aliphatic heterocycles. The first-order valence-electron chi connectivity index (χ1n) is 8.62. The third-order valence-electron chi connectivity index (χ3n) is 4.58. The number of hydrogen-bond donors (Lipinski definition) is 1. The van der Waals surface area contributed by atoms with Crippen LogP contribution in [0, 0.1) is 18.8 Å². The fraction of sp³-hybridized carbons (Fsp3) is 0.0833. The Morgan fingerprint density at radius 3 is 2.35 bits per heavy atom. The SMILES string of the molecule is Cc1[nH]c2ccccc2c1C(C#Cc1ccccc1)c1ccccc1Br. The van der Waals surface area contributed by atoms with E-state index in [1.807, 2.05) is 36.4 Å². The molecule has 1 heterocycles. The van der Waals surface area contributed by atoms with Gasteiger partial charge < -0.3 is 4.98 Å². The zero-order valence-electron chi connectivity index (χ0n) is 14.5. The monoisotopic (exact) mass is 399 g/mol. The predicted octanol–water partition coefficient (Wildman–Crippen LogP) is 6.42. The maximum absolute atomic E-state index is 3.72. The van der Waals surface area contributed by atoms with Crippen LogP contribution in [0.2, 0.25) is 0 Å². The molecule has 1 N–H and O–H groups in total. The van der Waals surface area contributed by atoms with Gasteiger partial charge in [0, 0.05) is 26.6 Å². The summed E-state index contributed by atoms with van der Waals surface area (Å²) in [6.45, 7) is 2.13. The van der Waals surface area contributed by atoms with Gasteiger partial charge in [-0.2, -0.15) is 0 Å². The van der Waals surface area contributed by atoms with Crippen LogP contribution in [0.3, 0.4) is 0 Å². The highest BCUT2D eigenvalue weighted by Crippen LogP contribution is 2.36. The third-order valence-corrected chi connectivity index (χ3v) is 5.31. The number of rotatable bonds is 2. The summed E-state index contributed by atoms with van der Waals surface area (Å²) >= 11 is 3.72. The second kappa shape index (κ2) is 7.23. The van der Waals surface area contributed by atoms with Crippen LogP contribution in [-0.4, -0.2) is 4.98 Å². The number of fused-ring (bicyclic) bond motifs is 1. The first kappa shape index (κ1) is 16.7. The van der Waals surface area contributed by atoms with Crippen LogP contribution in [-0.2, 0) is 0 Å². The summed E-state index contributed by atoms with van der Waals surface area (Å²) in [5, 5.41) is 1.23. The van der Waals surface area contributed by atoms with Crippen LogP contribution in [0.15, 0.2) is 83.3 Å². The minimum absolute atomic E-state index is 0.0121. The van der Waals surface area contributed by atoms with Gasteiger partial charge in [-0.1, -0.05) is 82.4 Å². The molecule has 0 saturated carbocycles. The number of para-hydroxylation sites is 1. The number of aryl methyl sites for hydroxylation is 1. The maximum atomic E-state index is 3.72. The van der Waals surface area contributed by atoms with Crippen LogP contribution < -0.4 is 0 Å². The molecule has 126 valence electrons. The first-order valence-corrected chi connectivity index (χ1v) is 9.41. The molecular weight excluding hydrogens is 382 g/mol. The zero-order valence-corrected chi connectivity index (χ0v) is 16.0. The number of hydrogen-bond acceptors (Lipinski definition) is 0. The lowest BCUT2D eigenvalue weighted by Gasteiger charge is -2.14. The van der Waals surface area contributed by atoms with Gasteiger partial charge in [0.1, 0.15) is 0 Å². The highest BCUT2D eigenvalue weighted by Gasteiger charge is 2.20. The molecule has 0 spiro atoms. The zero-order chi connectivity index (χ0) is 17.9. The molecule has 0 saturated heterocycles. The van der Waals surface area contributed by atoms with Crippen molar-refractivity contribution >= 4 is 26.8 Å². The summed E-state index contributed by atoms with van der Waals surface area (Å²) in [5.41, 5.74) is 5.77. The van der Waals surface area contributed by atoms with E-state index in [-0.39, 0.29) is 5.92 Å². The number of aromatic nitrogens is 1. The summed E-state index contributed by atoms with van der Waals surface area (Å²) in [7, 11) is 0. The molecule has 4 aromatic rings. The van der Waals surface area contributed by atoms with E-state index in [9.17, 15) is 0 Å². The molecule has 3 aromatic carbocycles. The summed E-state index contributed by atoms with van der Waals surface area (Å²) in [5.74, 6) is 6.88. The molecule has 1 nitrogen and oxygen atoms in total. The number of benzene rings is 3. The minimum Gasteiger partial charge on any atom is -0.358 e. The molecule has 4 rings (SSSR count). The molecule has 0 amide bonds. The van der Waals surface area contributed by atoms with E-state index in [2.05, 4.69) is 82.1 Å². The van der Waals surface area contributed by atoms with Gasteiger partial charge in [-0.3, -0.25) is 0 Å². The second-order valence-corrected chi connectivity index (χ2v) is 7.15. The summed E-state index contributed by atoms with van der Waals surface area (Å²) in [6.07, 6.45) is 0. The van der Waals surface area contributed by atoms with Crippen molar-refractivity contribution < 1.29 is 0 Å². The largest absolute Gasteiger partial charge is 0.358 e. The Bertz CT molecular complexity index is 1110. The van der Waals surface area contributed by atoms with Crippen molar-refractivity contribution in [2.24, 2.45) is 0 Å². The second-order valence-electron chi connectivity index (χ2n) is 6.30. The maximum Gasteiger partial charge on any atom is 0.0740 e. The van der Waals surface area contributed by atoms with Crippen LogP contribution in [0.5, 0.6) is 0 Å². The topological polar surface area (TPSA) is 15.8 Å². The molecule has 26 heavy (non-hydrogen) atoms. The van der Waals surface area contributed by atoms with Crippen LogP contribution in [0.4, 0.5) is 0 Å². The Morgan fingerprint density at radius 1 is 0.846 bits per heavy atom. The van der Waals surface area contributed by atoms with E-state index in [1.54, 1.807) is 0 Å². The van der Waals surface area contributed by atoms with Gasteiger partial charge in [0.15, 0.2) is 0 Å². The van der Waals surface area contributed by atoms with Crippen molar-refractivity contribution in [2.45, 2.75) is 12.8 Å². The normalized spacial score (nSPS) is 11.8. The van der Waals surface area contributed by atoms with E-state index < -0.39 is 0 Å². The highest BCUT2D eigenvalue weighted by atomic mass is 79.9. The van der Waals surface area contributed by atoms with Crippen molar-refractivity contribution in [2.75, 3.05) is 0 Å². The van der Waals surface area contributed by atoms with Gasteiger partial charge in [-0.25, -0.2) is 0 Å². The molecule has 0 radical (unpaired) electrons. The molecular formula is C24H18BrN. The predicted molar refractivity (Wildman–Crippen MR) is 112 cm³/mol. The fourth-order valence-corrected chi connectivity index (χ4v) is 3.88. The van der Waals surface area contributed by atoms with Crippen LogP contribution >= 0.6 is 15.9 Å². The van der Waals surface area contributed by atoms with Gasteiger partial charge in [0.2, 0.25) is 0 Å². The van der Waals surface area contributed by atoms with Crippen LogP contribution in [0.1, 0.15) is 28.3 Å². The van der Waals surface area contributed by atoms with Gasteiger partial charge in [-0.05, 0) is 42.3 Å².